The lowest BCUT2D eigenvalue weighted by Crippen LogP contribution is -1.99. The first kappa shape index (κ1) is 12.8. The number of halogens is 2. The number of rotatable bonds is 4. The van der Waals surface area contributed by atoms with Crippen molar-refractivity contribution in [2.45, 2.75) is 19.9 Å². The summed E-state index contributed by atoms with van der Waals surface area (Å²) in [5, 5.41) is 4.09. The molecule has 1 aromatic heterocycles. The van der Waals surface area contributed by atoms with Crippen LogP contribution in [0.1, 0.15) is 18.4 Å². The maximum atomic E-state index is 5.91. The summed E-state index contributed by atoms with van der Waals surface area (Å²) in [4.78, 5) is 0. The van der Waals surface area contributed by atoms with Gasteiger partial charge in [-0.2, -0.15) is 0 Å². The highest BCUT2D eigenvalue weighted by Crippen LogP contribution is 2.23. The first-order chi connectivity index (χ1) is 8.19. The van der Waals surface area contributed by atoms with Gasteiger partial charge in [0.2, 0.25) is 0 Å². The second-order valence-electron chi connectivity index (χ2n) is 3.70. The molecule has 0 unspecified atom stereocenters. The molecule has 0 amide bonds. The van der Waals surface area contributed by atoms with Crippen molar-refractivity contribution in [2.75, 3.05) is 5.32 Å². The molecule has 0 fully saturated rings. The van der Waals surface area contributed by atoms with Gasteiger partial charge in [-0.05, 0) is 52.9 Å². The van der Waals surface area contributed by atoms with Gasteiger partial charge in [0.05, 0.1) is 6.54 Å². The SMILES string of the molecule is CCc1ccc(CNc2ccc(Cl)cc2I)o1. The first-order valence-electron chi connectivity index (χ1n) is 5.45. The van der Waals surface area contributed by atoms with Crippen LogP contribution in [0.2, 0.25) is 5.02 Å². The van der Waals surface area contributed by atoms with Crippen LogP contribution in [0.15, 0.2) is 34.7 Å². The van der Waals surface area contributed by atoms with Gasteiger partial charge in [0, 0.05) is 20.7 Å². The Hall–Kier alpha value is -0.680. The molecule has 1 N–H and O–H groups in total. The van der Waals surface area contributed by atoms with Crippen LogP contribution in [-0.2, 0) is 13.0 Å². The summed E-state index contributed by atoms with van der Waals surface area (Å²) in [6.45, 7) is 2.77. The molecule has 2 aromatic rings. The fourth-order valence-corrected chi connectivity index (χ4v) is 2.58. The van der Waals surface area contributed by atoms with Crippen molar-refractivity contribution in [2.24, 2.45) is 0 Å². The predicted molar refractivity (Wildman–Crippen MR) is 79.6 cm³/mol. The average Bonchev–Trinajstić information content (AvgIpc) is 2.76. The van der Waals surface area contributed by atoms with E-state index in [0.717, 1.165) is 32.2 Å². The molecule has 17 heavy (non-hydrogen) atoms. The van der Waals surface area contributed by atoms with E-state index in [4.69, 9.17) is 16.0 Å². The van der Waals surface area contributed by atoms with Crippen LogP contribution < -0.4 is 5.32 Å². The maximum Gasteiger partial charge on any atom is 0.123 e. The summed E-state index contributed by atoms with van der Waals surface area (Å²) in [6, 6.07) is 9.82. The highest BCUT2D eigenvalue weighted by molar-refractivity contribution is 14.1. The molecule has 0 aliphatic carbocycles. The minimum atomic E-state index is 0.692. The second kappa shape index (κ2) is 5.78. The Kier molecular flexibility index (Phi) is 4.34. The van der Waals surface area contributed by atoms with Gasteiger partial charge in [-0.25, -0.2) is 0 Å². The van der Waals surface area contributed by atoms with Gasteiger partial charge >= 0.3 is 0 Å². The third kappa shape index (κ3) is 3.39. The van der Waals surface area contributed by atoms with Gasteiger partial charge in [-0.15, -0.1) is 0 Å². The Labute approximate surface area is 119 Å². The van der Waals surface area contributed by atoms with Gasteiger partial charge in [-0.3, -0.25) is 0 Å². The molecule has 4 heteroatoms. The van der Waals surface area contributed by atoms with Gasteiger partial charge in [0.15, 0.2) is 0 Å². The van der Waals surface area contributed by atoms with Crippen molar-refractivity contribution >= 4 is 39.9 Å². The van der Waals surface area contributed by atoms with E-state index in [-0.39, 0.29) is 0 Å². The summed E-state index contributed by atoms with van der Waals surface area (Å²) < 4.78 is 6.74. The number of furan rings is 1. The monoisotopic (exact) mass is 361 g/mol. The lowest BCUT2D eigenvalue weighted by Gasteiger charge is -2.07. The van der Waals surface area contributed by atoms with Crippen molar-refractivity contribution in [1.29, 1.82) is 0 Å². The molecular weight excluding hydrogens is 349 g/mol. The zero-order valence-corrected chi connectivity index (χ0v) is 12.4. The van der Waals surface area contributed by atoms with Crippen LogP contribution in [0.4, 0.5) is 5.69 Å². The summed E-state index contributed by atoms with van der Waals surface area (Å²) in [5.74, 6) is 1.97. The molecular formula is C13H13ClINO. The van der Waals surface area contributed by atoms with Crippen LogP contribution in [0.5, 0.6) is 0 Å². The van der Waals surface area contributed by atoms with Crippen LogP contribution in [0, 0.1) is 3.57 Å². The van der Waals surface area contributed by atoms with Crippen LogP contribution in [0.25, 0.3) is 0 Å². The Bertz CT molecular complexity index is 510. The molecule has 0 atom stereocenters. The van der Waals surface area contributed by atoms with E-state index < -0.39 is 0 Å². The standard InChI is InChI=1S/C13H13ClINO/c1-2-10-4-5-11(17-10)8-16-13-6-3-9(14)7-12(13)15/h3-7,16H,2,8H2,1H3. The molecule has 1 heterocycles. The minimum Gasteiger partial charge on any atom is -0.464 e. The number of benzene rings is 1. The van der Waals surface area contributed by atoms with Crippen LogP contribution in [0.3, 0.4) is 0 Å². The van der Waals surface area contributed by atoms with E-state index in [9.17, 15) is 0 Å². The van der Waals surface area contributed by atoms with Crippen LogP contribution in [-0.4, -0.2) is 0 Å². The third-order valence-corrected chi connectivity index (χ3v) is 3.58. The topological polar surface area (TPSA) is 25.2 Å². The van der Waals surface area contributed by atoms with Gasteiger partial charge in [0.1, 0.15) is 11.5 Å². The lowest BCUT2D eigenvalue weighted by molar-refractivity contribution is 0.476. The van der Waals surface area contributed by atoms with Crippen molar-refractivity contribution in [3.8, 4) is 0 Å². The fraction of sp³-hybridized carbons (Fsp3) is 0.231. The van der Waals surface area contributed by atoms with E-state index in [1.807, 2.05) is 30.3 Å². The molecule has 90 valence electrons. The maximum absolute atomic E-state index is 5.91. The normalized spacial score (nSPS) is 10.5. The van der Waals surface area contributed by atoms with Gasteiger partial charge in [-0.1, -0.05) is 18.5 Å². The number of anilines is 1. The van der Waals surface area contributed by atoms with Crippen LogP contribution >= 0.6 is 34.2 Å². The fourth-order valence-electron chi connectivity index (χ4n) is 1.52. The molecule has 2 rings (SSSR count). The summed E-state index contributed by atoms with van der Waals surface area (Å²) in [5.41, 5.74) is 1.07. The Morgan fingerprint density at radius 3 is 2.65 bits per heavy atom. The van der Waals surface area contributed by atoms with Crippen molar-refractivity contribution < 1.29 is 4.42 Å². The first-order valence-corrected chi connectivity index (χ1v) is 6.91. The summed E-state index contributed by atoms with van der Waals surface area (Å²) in [6.07, 6.45) is 0.929. The van der Waals surface area contributed by atoms with E-state index in [2.05, 4.69) is 34.8 Å². The molecule has 0 bridgehead atoms. The molecule has 0 radical (unpaired) electrons. The zero-order chi connectivity index (χ0) is 12.3. The number of hydrogen-bond donors (Lipinski definition) is 1. The highest BCUT2D eigenvalue weighted by Gasteiger charge is 2.03. The zero-order valence-electron chi connectivity index (χ0n) is 9.47. The Morgan fingerprint density at radius 1 is 1.24 bits per heavy atom. The van der Waals surface area contributed by atoms with Gasteiger partial charge in [0.25, 0.3) is 0 Å². The van der Waals surface area contributed by atoms with E-state index >= 15 is 0 Å². The predicted octanol–water partition coefficient (Wildman–Crippen LogP) is 4.71. The minimum absolute atomic E-state index is 0.692. The van der Waals surface area contributed by atoms with Crippen molar-refractivity contribution in [1.82, 2.24) is 0 Å². The largest absolute Gasteiger partial charge is 0.464 e. The highest BCUT2D eigenvalue weighted by atomic mass is 127. The quantitative estimate of drug-likeness (QED) is 0.798. The van der Waals surface area contributed by atoms with Gasteiger partial charge < -0.3 is 9.73 Å². The van der Waals surface area contributed by atoms with Crippen molar-refractivity contribution in [3.63, 3.8) is 0 Å². The second-order valence-corrected chi connectivity index (χ2v) is 5.30. The smallest absolute Gasteiger partial charge is 0.123 e. The molecule has 1 aromatic carbocycles. The molecule has 2 nitrogen and oxygen atoms in total. The average molecular weight is 362 g/mol. The molecule has 0 spiro atoms. The number of aryl methyl sites for hydroxylation is 1. The Morgan fingerprint density at radius 2 is 2.00 bits per heavy atom. The molecule has 0 aliphatic heterocycles. The van der Waals surface area contributed by atoms with Crippen molar-refractivity contribution in [3.05, 3.63) is 50.4 Å². The van der Waals surface area contributed by atoms with E-state index in [1.54, 1.807) is 0 Å². The Balaban J connectivity index is 2.02. The molecule has 0 saturated heterocycles. The molecule has 0 saturated carbocycles. The number of hydrogen-bond acceptors (Lipinski definition) is 2. The third-order valence-electron chi connectivity index (χ3n) is 2.45. The van der Waals surface area contributed by atoms with E-state index in [0.29, 0.717) is 6.54 Å². The van der Waals surface area contributed by atoms with E-state index in [1.165, 1.54) is 0 Å². The number of nitrogens with one attached hydrogen (secondary N) is 1. The summed E-state index contributed by atoms with van der Waals surface area (Å²) >= 11 is 8.17. The lowest BCUT2D eigenvalue weighted by atomic mass is 10.3. The summed E-state index contributed by atoms with van der Waals surface area (Å²) in [7, 11) is 0. The molecule has 0 aliphatic rings.